The number of nitrogens with one attached hydrogen (secondary N) is 1. The number of aryl methyl sites for hydroxylation is 1. The van der Waals surface area contributed by atoms with E-state index in [9.17, 15) is 4.79 Å². The van der Waals surface area contributed by atoms with Gasteiger partial charge in [0.05, 0.1) is 5.69 Å². The van der Waals surface area contributed by atoms with Gasteiger partial charge in [0.2, 0.25) is 16.8 Å². The van der Waals surface area contributed by atoms with Gasteiger partial charge >= 0.3 is 0 Å². The van der Waals surface area contributed by atoms with Gasteiger partial charge < -0.3 is 0 Å². The number of rotatable bonds is 6. The lowest BCUT2D eigenvalue weighted by Crippen LogP contribution is -2.27. The Morgan fingerprint density at radius 3 is 2.68 bits per heavy atom. The number of benzene rings is 1. The first-order valence-electron chi connectivity index (χ1n) is 10.4. The van der Waals surface area contributed by atoms with Crippen molar-refractivity contribution in [3.63, 3.8) is 0 Å². The van der Waals surface area contributed by atoms with Crippen LogP contribution in [0.25, 0.3) is 16.2 Å². The molecule has 1 aliphatic carbocycles. The second kappa shape index (κ2) is 8.43. The number of amides is 1. The molecule has 4 rings (SSSR count). The van der Waals surface area contributed by atoms with E-state index in [1.165, 1.54) is 37.7 Å². The second-order valence-electron chi connectivity index (χ2n) is 7.97. The van der Waals surface area contributed by atoms with Crippen LogP contribution in [0.3, 0.4) is 0 Å². The summed E-state index contributed by atoms with van der Waals surface area (Å²) in [5.41, 5.74) is 3.33. The number of nitrogens with zero attached hydrogens (tertiary/aromatic N) is 3. The van der Waals surface area contributed by atoms with Gasteiger partial charge in [0.25, 0.3) is 0 Å². The van der Waals surface area contributed by atoms with Crippen molar-refractivity contribution in [1.29, 1.82) is 0 Å². The van der Waals surface area contributed by atoms with Crippen LogP contribution in [0.2, 0.25) is 0 Å². The maximum absolute atomic E-state index is 12.7. The van der Waals surface area contributed by atoms with Crippen LogP contribution in [-0.2, 0) is 4.79 Å². The Balaban J connectivity index is 1.41. The molecule has 0 atom stereocenters. The van der Waals surface area contributed by atoms with Crippen molar-refractivity contribution in [2.45, 2.75) is 58.8 Å². The Bertz CT molecular complexity index is 935. The van der Waals surface area contributed by atoms with E-state index in [1.807, 2.05) is 4.52 Å². The van der Waals surface area contributed by atoms with Gasteiger partial charge in [0.1, 0.15) is 0 Å². The highest BCUT2D eigenvalue weighted by Crippen LogP contribution is 2.32. The zero-order chi connectivity index (χ0) is 19.5. The summed E-state index contributed by atoms with van der Waals surface area (Å²) >= 11 is 1.54. The molecule has 6 heteroatoms. The van der Waals surface area contributed by atoms with Gasteiger partial charge in [-0.3, -0.25) is 10.1 Å². The molecule has 1 saturated carbocycles. The van der Waals surface area contributed by atoms with Gasteiger partial charge in [0, 0.05) is 16.9 Å². The number of aromatic nitrogens is 3. The molecule has 0 saturated heterocycles. The van der Waals surface area contributed by atoms with E-state index in [0.717, 1.165) is 35.0 Å². The molecule has 0 unspecified atom stereocenters. The molecule has 1 fully saturated rings. The van der Waals surface area contributed by atoms with Crippen molar-refractivity contribution < 1.29 is 4.79 Å². The number of hydrogen-bond donors (Lipinski definition) is 1. The molecule has 0 spiro atoms. The van der Waals surface area contributed by atoms with Crippen molar-refractivity contribution in [2.24, 2.45) is 11.8 Å². The predicted octanol–water partition coefficient (Wildman–Crippen LogP) is 5.70. The third-order valence-corrected chi connectivity index (χ3v) is 6.66. The quantitative estimate of drug-likeness (QED) is 0.581. The van der Waals surface area contributed by atoms with Crippen LogP contribution < -0.4 is 5.32 Å². The molecular weight excluding hydrogens is 368 g/mol. The summed E-state index contributed by atoms with van der Waals surface area (Å²) in [5, 5.41) is 9.56. The summed E-state index contributed by atoms with van der Waals surface area (Å²) in [6.45, 7) is 4.32. The second-order valence-corrected chi connectivity index (χ2v) is 8.80. The fourth-order valence-corrected chi connectivity index (χ4v) is 4.91. The average molecular weight is 397 g/mol. The largest absolute Gasteiger partial charge is 0.293 e. The maximum atomic E-state index is 12.7. The average Bonchev–Trinajstić information content (AvgIpc) is 3.27. The molecule has 28 heavy (non-hydrogen) atoms. The van der Waals surface area contributed by atoms with E-state index in [-0.39, 0.29) is 11.8 Å². The molecule has 1 amide bonds. The lowest BCUT2D eigenvalue weighted by molar-refractivity contribution is -0.121. The first-order valence-corrected chi connectivity index (χ1v) is 11.2. The first-order chi connectivity index (χ1) is 13.6. The molecule has 1 N–H and O–H groups in total. The van der Waals surface area contributed by atoms with Crippen LogP contribution in [0.4, 0.5) is 5.95 Å². The topological polar surface area (TPSA) is 59.3 Å². The predicted molar refractivity (Wildman–Crippen MR) is 115 cm³/mol. The number of fused-ring (bicyclic) bond motifs is 1. The minimum Gasteiger partial charge on any atom is -0.293 e. The van der Waals surface area contributed by atoms with Crippen molar-refractivity contribution in [3.05, 3.63) is 35.2 Å². The minimum atomic E-state index is 0.0732. The maximum Gasteiger partial charge on any atom is 0.250 e. The van der Waals surface area contributed by atoms with E-state index < -0.39 is 0 Å². The monoisotopic (exact) mass is 396 g/mol. The molecule has 1 aliphatic rings. The summed E-state index contributed by atoms with van der Waals surface area (Å²) in [6.07, 6.45) is 8.18. The normalized spacial score (nSPS) is 19.8. The Morgan fingerprint density at radius 2 is 1.96 bits per heavy atom. The summed E-state index contributed by atoms with van der Waals surface area (Å²) < 4.78 is 1.83. The van der Waals surface area contributed by atoms with Gasteiger partial charge in [-0.2, -0.15) is 4.98 Å². The highest BCUT2D eigenvalue weighted by atomic mass is 32.1. The third-order valence-electron chi connectivity index (χ3n) is 5.85. The highest BCUT2D eigenvalue weighted by Gasteiger charge is 2.27. The summed E-state index contributed by atoms with van der Waals surface area (Å²) in [6, 6.07) is 8.37. The van der Waals surface area contributed by atoms with Crippen LogP contribution in [-0.4, -0.2) is 20.5 Å². The number of hydrogen-bond acceptors (Lipinski definition) is 4. The Hall–Kier alpha value is -2.21. The fraction of sp³-hybridized carbons (Fsp3) is 0.500. The van der Waals surface area contributed by atoms with E-state index in [4.69, 9.17) is 0 Å². The molecular formula is C22H28N4OS. The number of anilines is 1. The van der Waals surface area contributed by atoms with Gasteiger partial charge in [0.15, 0.2) is 0 Å². The van der Waals surface area contributed by atoms with Gasteiger partial charge in [-0.05, 0) is 38.5 Å². The minimum absolute atomic E-state index is 0.0732. The van der Waals surface area contributed by atoms with E-state index in [1.54, 1.807) is 11.3 Å². The Morgan fingerprint density at radius 1 is 1.21 bits per heavy atom. The molecule has 0 radical (unpaired) electrons. The molecule has 0 bridgehead atoms. The number of thiazole rings is 1. The molecule has 2 heterocycles. The molecule has 3 aromatic rings. The fourth-order valence-electron chi connectivity index (χ4n) is 4.08. The van der Waals surface area contributed by atoms with Crippen molar-refractivity contribution in [3.8, 4) is 11.3 Å². The standard InChI is InChI=1S/C22H28N4OS/c1-3-4-5-16-8-12-18(13-9-16)20(27)23-21-24-22-26(25-21)19(14-28-22)17-10-6-15(2)7-11-17/h6-7,10-11,14,16,18H,3-5,8-9,12-13H2,1-2H3,(H,23,25,27). The zero-order valence-corrected chi connectivity index (χ0v) is 17.5. The summed E-state index contributed by atoms with van der Waals surface area (Å²) in [7, 11) is 0. The van der Waals surface area contributed by atoms with E-state index in [0.29, 0.717) is 5.95 Å². The van der Waals surface area contributed by atoms with Crippen LogP contribution >= 0.6 is 11.3 Å². The molecule has 148 valence electrons. The van der Waals surface area contributed by atoms with Crippen molar-refractivity contribution in [2.75, 3.05) is 5.32 Å². The van der Waals surface area contributed by atoms with Gasteiger partial charge in [-0.25, -0.2) is 4.52 Å². The van der Waals surface area contributed by atoms with Crippen molar-refractivity contribution >= 4 is 28.2 Å². The zero-order valence-electron chi connectivity index (χ0n) is 16.6. The third kappa shape index (κ3) is 4.12. The molecule has 0 aliphatic heterocycles. The van der Waals surface area contributed by atoms with Crippen LogP contribution in [0.1, 0.15) is 57.4 Å². The summed E-state index contributed by atoms with van der Waals surface area (Å²) in [5.74, 6) is 1.38. The van der Waals surface area contributed by atoms with Crippen molar-refractivity contribution in [1.82, 2.24) is 14.6 Å². The smallest absolute Gasteiger partial charge is 0.250 e. The first kappa shape index (κ1) is 19.1. The lowest BCUT2D eigenvalue weighted by Gasteiger charge is -2.27. The Kier molecular flexibility index (Phi) is 5.76. The number of carbonyl (C=O) groups is 1. The SMILES string of the molecule is CCCCC1CCC(C(=O)Nc2nc3scc(-c4ccc(C)cc4)n3n2)CC1. The lowest BCUT2D eigenvalue weighted by atomic mass is 9.79. The van der Waals surface area contributed by atoms with Crippen LogP contribution in [0.5, 0.6) is 0 Å². The summed E-state index contributed by atoms with van der Waals surface area (Å²) in [4.78, 5) is 18.0. The molecule has 2 aromatic heterocycles. The number of unbranched alkanes of at least 4 members (excludes halogenated alkanes) is 1. The van der Waals surface area contributed by atoms with Crippen LogP contribution in [0, 0.1) is 18.8 Å². The van der Waals surface area contributed by atoms with Gasteiger partial charge in [-0.1, -0.05) is 56.0 Å². The van der Waals surface area contributed by atoms with Gasteiger partial charge in [-0.15, -0.1) is 16.4 Å². The number of carbonyl (C=O) groups excluding carboxylic acids is 1. The van der Waals surface area contributed by atoms with Crippen LogP contribution in [0.15, 0.2) is 29.6 Å². The highest BCUT2D eigenvalue weighted by molar-refractivity contribution is 7.15. The Labute approximate surface area is 170 Å². The molecule has 5 nitrogen and oxygen atoms in total. The van der Waals surface area contributed by atoms with E-state index in [2.05, 4.69) is 58.9 Å². The molecule has 1 aromatic carbocycles. The van der Waals surface area contributed by atoms with E-state index >= 15 is 0 Å².